The lowest BCUT2D eigenvalue weighted by Gasteiger charge is -2.00. The summed E-state index contributed by atoms with van der Waals surface area (Å²) in [6.45, 7) is 0.498. The third kappa shape index (κ3) is 2.58. The standard InChI is InChI=1S/C15H10N4O3/c16-8-12-10-18(9-11-4-2-1-3-5-11)17-15(12)13-6-7-14(22-13)19(20)21/h1-7,10H,9H2. The van der Waals surface area contributed by atoms with Gasteiger partial charge < -0.3 is 4.42 Å². The Morgan fingerprint density at radius 2 is 2.05 bits per heavy atom. The molecule has 0 amide bonds. The first kappa shape index (κ1) is 13.6. The van der Waals surface area contributed by atoms with E-state index in [0.717, 1.165) is 5.56 Å². The lowest BCUT2D eigenvalue weighted by molar-refractivity contribution is -0.401. The highest BCUT2D eigenvalue weighted by molar-refractivity contribution is 5.61. The fraction of sp³-hybridized carbons (Fsp3) is 0.0667. The van der Waals surface area contributed by atoms with Gasteiger partial charge in [-0.05, 0) is 11.6 Å². The van der Waals surface area contributed by atoms with Crippen LogP contribution < -0.4 is 0 Å². The lowest BCUT2D eigenvalue weighted by atomic mass is 10.2. The van der Waals surface area contributed by atoms with Gasteiger partial charge in [0.25, 0.3) is 0 Å². The van der Waals surface area contributed by atoms with Crippen LogP contribution >= 0.6 is 0 Å². The number of nitro groups is 1. The van der Waals surface area contributed by atoms with Crippen molar-refractivity contribution in [2.24, 2.45) is 0 Å². The number of nitrogens with zero attached hydrogens (tertiary/aromatic N) is 4. The molecule has 108 valence electrons. The van der Waals surface area contributed by atoms with Crippen molar-refractivity contribution in [2.75, 3.05) is 0 Å². The van der Waals surface area contributed by atoms with Crippen LogP contribution in [-0.4, -0.2) is 14.7 Å². The molecule has 0 bridgehead atoms. The van der Waals surface area contributed by atoms with Crippen molar-refractivity contribution in [1.29, 1.82) is 5.26 Å². The van der Waals surface area contributed by atoms with E-state index in [-0.39, 0.29) is 11.6 Å². The molecule has 3 rings (SSSR count). The first-order valence-corrected chi connectivity index (χ1v) is 6.43. The molecule has 0 spiro atoms. The van der Waals surface area contributed by atoms with Gasteiger partial charge >= 0.3 is 5.88 Å². The molecule has 0 fully saturated rings. The van der Waals surface area contributed by atoms with E-state index in [1.54, 1.807) is 10.9 Å². The minimum Gasteiger partial charge on any atom is -0.399 e. The fourth-order valence-electron chi connectivity index (χ4n) is 2.09. The van der Waals surface area contributed by atoms with Crippen molar-refractivity contribution in [3.8, 4) is 17.5 Å². The average molecular weight is 294 g/mol. The van der Waals surface area contributed by atoms with Crippen LogP contribution in [0.15, 0.2) is 53.1 Å². The maximum atomic E-state index is 10.7. The first-order valence-electron chi connectivity index (χ1n) is 6.43. The van der Waals surface area contributed by atoms with Gasteiger partial charge in [-0.1, -0.05) is 30.3 Å². The summed E-state index contributed by atoms with van der Waals surface area (Å²) in [5.74, 6) is -0.174. The van der Waals surface area contributed by atoms with Gasteiger partial charge in [0.15, 0.2) is 5.76 Å². The molecule has 2 heterocycles. The van der Waals surface area contributed by atoms with E-state index in [0.29, 0.717) is 17.8 Å². The Balaban J connectivity index is 1.94. The summed E-state index contributed by atoms with van der Waals surface area (Å²) in [7, 11) is 0. The topological polar surface area (TPSA) is 97.9 Å². The van der Waals surface area contributed by atoms with Crippen molar-refractivity contribution in [2.45, 2.75) is 6.54 Å². The summed E-state index contributed by atoms with van der Waals surface area (Å²) in [5.41, 5.74) is 1.64. The van der Waals surface area contributed by atoms with Gasteiger partial charge in [-0.3, -0.25) is 14.8 Å². The van der Waals surface area contributed by atoms with Crippen molar-refractivity contribution in [3.05, 3.63) is 69.9 Å². The minimum atomic E-state index is -0.628. The predicted octanol–water partition coefficient (Wildman–Crippen LogP) is 2.97. The van der Waals surface area contributed by atoms with Gasteiger partial charge in [-0.15, -0.1) is 0 Å². The molecule has 0 N–H and O–H groups in total. The van der Waals surface area contributed by atoms with Crippen molar-refractivity contribution < 1.29 is 9.34 Å². The van der Waals surface area contributed by atoms with E-state index in [4.69, 9.17) is 4.42 Å². The molecule has 0 aliphatic carbocycles. The summed E-state index contributed by atoms with van der Waals surface area (Å²) in [4.78, 5) is 10.0. The van der Waals surface area contributed by atoms with E-state index < -0.39 is 4.92 Å². The largest absolute Gasteiger partial charge is 0.433 e. The molecule has 0 radical (unpaired) electrons. The molecular formula is C15H10N4O3. The first-order chi connectivity index (χ1) is 10.7. The normalized spacial score (nSPS) is 10.3. The molecule has 0 aliphatic rings. The summed E-state index contributed by atoms with van der Waals surface area (Å²) in [5, 5.41) is 24.2. The van der Waals surface area contributed by atoms with Gasteiger partial charge in [0, 0.05) is 6.20 Å². The predicted molar refractivity (Wildman–Crippen MR) is 76.8 cm³/mol. The van der Waals surface area contributed by atoms with Gasteiger partial charge in [-0.25, -0.2) is 0 Å². The van der Waals surface area contributed by atoms with E-state index in [1.807, 2.05) is 36.4 Å². The molecule has 0 aliphatic heterocycles. The van der Waals surface area contributed by atoms with Crippen molar-refractivity contribution >= 4 is 5.88 Å². The molecular weight excluding hydrogens is 284 g/mol. The fourth-order valence-corrected chi connectivity index (χ4v) is 2.09. The Kier molecular flexibility index (Phi) is 3.42. The number of rotatable bonds is 4. The van der Waals surface area contributed by atoms with E-state index in [1.165, 1.54) is 12.1 Å². The molecule has 1 aromatic carbocycles. The maximum absolute atomic E-state index is 10.7. The molecule has 0 unspecified atom stereocenters. The molecule has 0 saturated carbocycles. The van der Waals surface area contributed by atoms with Crippen molar-refractivity contribution in [1.82, 2.24) is 9.78 Å². The Morgan fingerprint density at radius 1 is 1.27 bits per heavy atom. The van der Waals surface area contributed by atoms with Crippen molar-refractivity contribution in [3.63, 3.8) is 0 Å². The lowest BCUT2D eigenvalue weighted by Crippen LogP contribution is -1.99. The van der Waals surface area contributed by atoms with Crippen LogP contribution in [0.2, 0.25) is 0 Å². The zero-order valence-corrected chi connectivity index (χ0v) is 11.3. The molecule has 0 atom stereocenters. The van der Waals surface area contributed by atoms with Crippen LogP contribution in [0.4, 0.5) is 5.88 Å². The molecule has 2 aromatic heterocycles. The molecule has 0 saturated heterocycles. The zero-order chi connectivity index (χ0) is 15.5. The molecule has 22 heavy (non-hydrogen) atoms. The Hall–Kier alpha value is -3.40. The highest BCUT2D eigenvalue weighted by atomic mass is 16.6. The van der Waals surface area contributed by atoms with E-state index in [9.17, 15) is 15.4 Å². The second-order valence-corrected chi connectivity index (χ2v) is 4.58. The van der Waals surface area contributed by atoms with E-state index >= 15 is 0 Å². The third-order valence-electron chi connectivity index (χ3n) is 3.07. The maximum Gasteiger partial charge on any atom is 0.433 e. The van der Waals surface area contributed by atoms with E-state index in [2.05, 4.69) is 5.10 Å². The molecule has 3 aromatic rings. The van der Waals surface area contributed by atoms with Crippen LogP contribution in [0.25, 0.3) is 11.5 Å². The molecule has 7 heteroatoms. The highest BCUT2D eigenvalue weighted by Crippen LogP contribution is 2.27. The van der Waals surface area contributed by atoms with Crippen LogP contribution in [0, 0.1) is 21.4 Å². The number of furan rings is 1. The summed E-state index contributed by atoms with van der Waals surface area (Å²) >= 11 is 0. The van der Waals surface area contributed by atoms with Crippen LogP contribution in [0.1, 0.15) is 11.1 Å². The smallest absolute Gasteiger partial charge is 0.399 e. The summed E-state index contributed by atoms with van der Waals surface area (Å²) in [6.07, 6.45) is 1.59. The zero-order valence-electron chi connectivity index (χ0n) is 11.3. The van der Waals surface area contributed by atoms with Crippen LogP contribution in [0.3, 0.4) is 0 Å². The average Bonchev–Trinajstić information content (AvgIpc) is 3.14. The van der Waals surface area contributed by atoms with Crippen LogP contribution in [0.5, 0.6) is 0 Å². The van der Waals surface area contributed by atoms with Gasteiger partial charge in [0.2, 0.25) is 0 Å². The third-order valence-corrected chi connectivity index (χ3v) is 3.07. The van der Waals surface area contributed by atoms with Gasteiger partial charge in [-0.2, -0.15) is 10.4 Å². The minimum absolute atomic E-state index is 0.204. The number of hydrogen-bond acceptors (Lipinski definition) is 5. The summed E-state index contributed by atoms with van der Waals surface area (Å²) < 4.78 is 6.72. The Morgan fingerprint density at radius 3 is 2.68 bits per heavy atom. The van der Waals surface area contributed by atoms with Gasteiger partial charge in [0.05, 0.1) is 12.6 Å². The van der Waals surface area contributed by atoms with Crippen LogP contribution in [-0.2, 0) is 6.54 Å². The Labute approximate surface area is 125 Å². The number of aromatic nitrogens is 2. The SMILES string of the molecule is N#Cc1cn(Cc2ccccc2)nc1-c1ccc([N+](=O)[O-])o1. The molecule has 7 nitrogen and oxygen atoms in total. The quantitative estimate of drug-likeness (QED) is 0.544. The monoisotopic (exact) mass is 294 g/mol. The number of nitriles is 1. The van der Waals surface area contributed by atoms with Gasteiger partial charge in [0.1, 0.15) is 22.2 Å². The number of benzene rings is 1. The number of hydrogen-bond donors (Lipinski definition) is 0. The summed E-state index contributed by atoms with van der Waals surface area (Å²) in [6, 6.07) is 14.4. The second-order valence-electron chi connectivity index (χ2n) is 4.58. The highest BCUT2D eigenvalue weighted by Gasteiger charge is 2.18. The second kappa shape index (κ2) is 5.54. The Bertz CT molecular complexity index is 859.